The Morgan fingerprint density at radius 3 is 2.35 bits per heavy atom. The van der Waals surface area contributed by atoms with Gasteiger partial charge in [-0.25, -0.2) is 9.78 Å². The molecule has 0 aliphatic carbocycles. The van der Waals surface area contributed by atoms with Gasteiger partial charge in [-0.2, -0.15) is 13.2 Å². The van der Waals surface area contributed by atoms with Crippen LogP contribution in [0.2, 0.25) is 5.02 Å². The molecule has 1 fully saturated rings. The maximum absolute atomic E-state index is 12.1. The Morgan fingerprint density at radius 1 is 1.35 bits per heavy atom. The highest BCUT2D eigenvalue weighted by molar-refractivity contribution is 6.30. The summed E-state index contributed by atoms with van der Waals surface area (Å²) in [5.74, 6) is -1.38. The molecule has 0 bridgehead atoms. The van der Waals surface area contributed by atoms with E-state index in [-0.39, 0.29) is 5.91 Å². The zero-order chi connectivity index (χ0) is 19.7. The molecule has 1 saturated heterocycles. The number of anilines is 1. The van der Waals surface area contributed by atoms with Gasteiger partial charge < -0.3 is 10.4 Å². The van der Waals surface area contributed by atoms with Crippen LogP contribution in [0.3, 0.4) is 0 Å². The zero-order valence-electron chi connectivity index (χ0n) is 14.2. The minimum absolute atomic E-state index is 0.119. The molecule has 0 spiro atoms. The molecule has 0 atom stereocenters. The van der Waals surface area contributed by atoms with E-state index < -0.39 is 12.1 Å². The quantitative estimate of drug-likeness (QED) is 0.818. The van der Waals surface area contributed by atoms with Crippen LogP contribution in [0, 0.1) is 5.92 Å². The monoisotopic (exact) mass is 395 g/mol. The Bertz CT molecular complexity index is 591. The van der Waals surface area contributed by atoms with E-state index in [4.69, 9.17) is 21.5 Å². The number of rotatable bonds is 4. The van der Waals surface area contributed by atoms with Gasteiger partial charge in [0.15, 0.2) is 0 Å². The summed E-state index contributed by atoms with van der Waals surface area (Å²) >= 11 is 5.85. The Labute approximate surface area is 154 Å². The summed E-state index contributed by atoms with van der Waals surface area (Å²) in [4.78, 5) is 27.1. The highest BCUT2D eigenvalue weighted by Gasteiger charge is 2.38. The Morgan fingerprint density at radius 2 is 1.92 bits per heavy atom. The first kappa shape index (κ1) is 22.2. The molecule has 1 aromatic rings. The van der Waals surface area contributed by atoms with Crippen molar-refractivity contribution < 1.29 is 27.9 Å². The molecule has 146 valence electrons. The van der Waals surface area contributed by atoms with E-state index in [1.54, 1.807) is 17.2 Å². The molecule has 6 nitrogen and oxygen atoms in total. The minimum atomic E-state index is -5.08. The lowest BCUT2D eigenvalue weighted by molar-refractivity contribution is -0.192. The first-order chi connectivity index (χ1) is 12.1. The van der Waals surface area contributed by atoms with Crippen molar-refractivity contribution in [1.82, 2.24) is 10.3 Å². The van der Waals surface area contributed by atoms with Crippen LogP contribution < -0.4 is 10.2 Å². The van der Waals surface area contributed by atoms with Gasteiger partial charge in [-0.3, -0.25) is 9.69 Å². The number of hydrogen-bond acceptors (Lipinski definition) is 4. The van der Waals surface area contributed by atoms with Crippen LogP contribution in [-0.4, -0.2) is 47.8 Å². The number of aromatic nitrogens is 1. The molecular formula is C16H21ClF3N3O3. The fourth-order valence-corrected chi connectivity index (χ4v) is 2.48. The molecule has 0 aromatic carbocycles. The van der Waals surface area contributed by atoms with Gasteiger partial charge >= 0.3 is 12.1 Å². The number of aliphatic carboxylic acids is 1. The van der Waals surface area contributed by atoms with Crippen molar-refractivity contribution in [2.24, 2.45) is 5.92 Å². The fraction of sp³-hybridized carbons (Fsp3) is 0.562. The molecule has 1 aromatic heterocycles. The summed E-state index contributed by atoms with van der Waals surface area (Å²) in [5.41, 5.74) is 0. The van der Waals surface area contributed by atoms with E-state index in [2.05, 4.69) is 10.3 Å². The number of amides is 1. The van der Waals surface area contributed by atoms with Crippen molar-refractivity contribution in [2.75, 3.05) is 24.5 Å². The second-order valence-corrected chi connectivity index (χ2v) is 6.13. The highest BCUT2D eigenvalue weighted by atomic mass is 35.5. The van der Waals surface area contributed by atoms with Gasteiger partial charge in [0.2, 0.25) is 5.91 Å². The van der Waals surface area contributed by atoms with E-state index in [0.29, 0.717) is 23.2 Å². The van der Waals surface area contributed by atoms with E-state index in [0.717, 1.165) is 32.5 Å². The van der Waals surface area contributed by atoms with Gasteiger partial charge in [-0.15, -0.1) is 0 Å². The number of piperidine rings is 1. The van der Waals surface area contributed by atoms with Crippen molar-refractivity contribution >= 4 is 29.3 Å². The van der Waals surface area contributed by atoms with Gasteiger partial charge in [0.05, 0.1) is 5.02 Å². The van der Waals surface area contributed by atoms with Crippen LogP contribution in [0.4, 0.5) is 19.0 Å². The van der Waals surface area contributed by atoms with E-state index in [9.17, 15) is 18.0 Å². The number of hydrogen-bond donors (Lipinski definition) is 2. The van der Waals surface area contributed by atoms with Crippen LogP contribution in [0.1, 0.15) is 26.2 Å². The largest absolute Gasteiger partial charge is 0.490 e. The van der Waals surface area contributed by atoms with Crippen LogP contribution in [-0.2, 0) is 9.59 Å². The maximum Gasteiger partial charge on any atom is 0.490 e. The molecule has 0 unspecified atom stereocenters. The molecular weight excluding hydrogens is 375 g/mol. The lowest BCUT2D eigenvalue weighted by Crippen LogP contribution is -2.39. The molecule has 26 heavy (non-hydrogen) atoms. The number of carboxylic acids is 1. The number of carbonyl (C=O) groups is 2. The van der Waals surface area contributed by atoms with Crippen LogP contribution >= 0.6 is 11.6 Å². The van der Waals surface area contributed by atoms with E-state index >= 15 is 0 Å². The number of carbonyl (C=O) groups excluding carboxylic acids is 1. The van der Waals surface area contributed by atoms with Gasteiger partial charge in [0.1, 0.15) is 5.82 Å². The van der Waals surface area contributed by atoms with Crippen molar-refractivity contribution in [3.05, 3.63) is 23.4 Å². The predicted molar refractivity (Wildman–Crippen MR) is 91.2 cm³/mol. The summed E-state index contributed by atoms with van der Waals surface area (Å²) in [6.07, 6.45) is -0.771. The molecule has 2 rings (SSSR count). The van der Waals surface area contributed by atoms with Crippen molar-refractivity contribution in [1.29, 1.82) is 0 Å². The van der Waals surface area contributed by atoms with Crippen molar-refractivity contribution in [2.45, 2.75) is 32.4 Å². The average molecular weight is 396 g/mol. The number of nitrogens with one attached hydrogen (secondary N) is 1. The Balaban J connectivity index is 0.000000412. The van der Waals surface area contributed by atoms with Crippen LogP contribution in [0.5, 0.6) is 0 Å². The van der Waals surface area contributed by atoms with Gasteiger partial charge in [0, 0.05) is 19.2 Å². The second-order valence-electron chi connectivity index (χ2n) is 5.69. The predicted octanol–water partition coefficient (Wildman–Crippen LogP) is 3.11. The summed E-state index contributed by atoms with van der Waals surface area (Å²) in [7, 11) is 0. The molecule has 1 aliphatic heterocycles. The number of alkyl halides is 3. The number of pyridine rings is 1. The average Bonchev–Trinajstić information content (AvgIpc) is 2.60. The fourth-order valence-electron chi connectivity index (χ4n) is 2.36. The standard InChI is InChI=1S/C14H20ClN3O.C2HF3O2/c1-2-14(19)18(10-11-5-7-16-8-6-11)13-4-3-12(15)9-17-13;3-2(4,5)1(6)7/h3-4,9,11,16H,2,5-8,10H2,1H3;(H,6,7). The van der Waals surface area contributed by atoms with Crippen LogP contribution in [0.25, 0.3) is 0 Å². The van der Waals surface area contributed by atoms with Gasteiger partial charge in [-0.1, -0.05) is 18.5 Å². The molecule has 10 heteroatoms. The SMILES string of the molecule is CCC(=O)N(CC1CCNCC1)c1ccc(Cl)cn1.O=C(O)C(F)(F)F. The molecule has 2 N–H and O–H groups in total. The highest BCUT2D eigenvalue weighted by Crippen LogP contribution is 2.20. The third-order valence-corrected chi connectivity index (χ3v) is 3.96. The summed E-state index contributed by atoms with van der Waals surface area (Å²) in [6.45, 7) is 4.70. The summed E-state index contributed by atoms with van der Waals surface area (Å²) < 4.78 is 31.7. The number of halogens is 4. The Hall–Kier alpha value is -1.87. The first-order valence-corrected chi connectivity index (χ1v) is 8.45. The first-order valence-electron chi connectivity index (χ1n) is 8.07. The minimum Gasteiger partial charge on any atom is -0.475 e. The lowest BCUT2D eigenvalue weighted by atomic mass is 9.97. The maximum atomic E-state index is 12.1. The second kappa shape index (κ2) is 10.3. The summed E-state index contributed by atoms with van der Waals surface area (Å²) in [6, 6.07) is 3.60. The topological polar surface area (TPSA) is 82.5 Å². The van der Waals surface area contributed by atoms with Gasteiger partial charge in [-0.05, 0) is 44.0 Å². The molecule has 0 saturated carbocycles. The number of carboxylic acid groups (broad SMARTS) is 1. The lowest BCUT2D eigenvalue weighted by Gasteiger charge is -2.29. The van der Waals surface area contributed by atoms with E-state index in [1.165, 1.54) is 0 Å². The van der Waals surface area contributed by atoms with Gasteiger partial charge in [0.25, 0.3) is 0 Å². The molecule has 0 radical (unpaired) electrons. The van der Waals surface area contributed by atoms with Crippen molar-refractivity contribution in [3.8, 4) is 0 Å². The smallest absolute Gasteiger partial charge is 0.475 e. The molecule has 1 amide bonds. The number of nitrogens with zero attached hydrogens (tertiary/aromatic N) is 2. The van der Waals surface area contributed by atoms with Crippen molar-refractivity contribution in [3.63, 3.8) is 0 Å². The Kier molecular flexibility index (Phi) is 8.80. The normalized spacial score (nSPS) is 15.0. The third kappa shape index (κ3) is 7.57. The third-order valence-electron chi connectivity index (χ3n) is 3.73. The summed E-state index contributed by atoms with van der Waals surface area (Å²) in [5, 5.41) is 11.1. The van der Waals surface area contributed by atoms with E-state index in [1.807, 2.05) is 13.0 Å². The molecule has 1 aliphatic rings. The van der Waals surface area contributed by atoms with Crippen LogP contribution in [0.15, 0.2) is 18.3 Å². The molecule has 2 heterocycles. The zero-order valence-corrected chi connectivity index (χ0v) is 15.0.